The average Bonchev–Trinajstić information content (AvgIpc) is 3.27. The van der Waals surface area contributed by atoms with Crippen molar-refractivity contribution in [2.24, 2.45) is 0 Å². The van der Waals surface area contributed by atoms with Crippen molar-refractivity contribution in [2.75, 3.05) is 11.9 Å². The van der Waals surface area contributed by atoms with Gasteiger partial charge in [0.15, 0.2) is 6.10 Å². The summed E-state index contributed by atoms with van der Waals surface area (Å²) in [5.74, 6) is -1.39. The van der Waals surface area contributed by atoms with Gasteiger partial charge in [-0.3, -0.25) is 9.59 Å². The van der Waals surface area contributed by atoms with Gasteiger partial charge in [0, 0.05) is 35.4 Å². The number of hydrogen-bond donors (Lipinski definition) is 1. The summed E-state index contributed by atoms with van der Waals surface area (Å²) in [6.45, 7) is 1.53. The van der Waals surface area contributed by atoms with Crippen LogP contribution in [0.4, 0.5) is 5.69 Å². The van der Waals surface area contributed by atoms with Gasteiger partial charge in [-0.1, -0.05) is 48.5 Å². The first-order valence-electron chi connectivity index (χ1n) is 10.2. The molecule has 1 N–H and O–H groups in total. The summed E-state index contributed by atoms with van der Waals surface area (Å²) in [4.78, 5) is 43.4. The Bertz CT molecular complexity index is 1290. The number of aromatic nitrogens is 1. The Labute approximate surface area is 185 Å². The molecule has 4 aromatic rings. The molecule has 0 fully saturated rings. The molecule has 0 bridgehead atoms. The van der Waals surface area contributed by atoms with E-state index in [1.165, 1.54) is 17.9 Å². The Kier molecular flexibility index (Phi) is 5.85. The van der Waals surface area contributed by atoms with E-state index in [-0.39, 0.29) is 22.8 Å². The van der Waals surface area contributed by atoms with Gasteiger partial charge in [0.1, 0.15) is 0 Å². The number of aromatic amines is 1. The number of esters is 1. The first kappa shape index (κ1) is 21.1. The van der Waals surface area contributed by atoms with Crippen molar-refractivity contribution in [3.8, 4) is 0 Å². The van der Waals surface area contributed by atoms with Gasteiger partial charge in [-0.05, 0) is 37.3 Å². The molecule has 6 heteroatoms. The lowest BCUT2D eigenvalue weighted by atomic mass is 10.0. The SMILES string of the molecule is CC(OC(=O)c1ccccc1C(=O)N(C)c1ccccc1)C(=O)c1c[nH]c2ccccc12. The van der Waals surface area contributed by atoms with Gasteiger partial charge in [0.2, 0.25) is 5.78 Å². The Morgan fingerprint density at radius 1 is 0.812 bits per heavy atom. The van der Waals surface area contributed by atoms with E-state index in [0.717, 1.165) is 10.9 Å². The molecule has 1 atom stereocenters. The first-order chi connectivity index (χ1) is 15.5. The molecule has 0 spiro atoms. The number of Topliss-reactive ketones (excluding diaryl/α,β-unsaturated/α-hetero) is 1. The molecule has 0 aliphatic carbocycles. The van der Waals surface area contributed by atoms with Crippen LogP contribution in [0.3, 0.4) is 0 Å². The molecule has 1 heterocycles. The zero-order valence-corrected chi connectivity index (χ0v) is 17.7. The first-order valence-corrected chi connectivity index (χ1v) is 10.2. The zero-order valence-electron chi connectivity index (χ0n) is 17.7. The van der Waals surface area contributed by atoms with E-state index in [1.807, 2.05) is 42.5 Å². The molecule has 0 aliphatic rings. The van der Waals surface area contributed by atoms with E-state index in [9.17, 15) is 14.4 Å². The summed E-state index contributed by atoms with van der Waals surface area (Å²) in [7, 11) is 1.64. The molecule has 0 aliphatic heterocycles. The largest absolute Gasteiger partial charge is 0.451 e. The molecule has 1 unspecified atom stereocenters. The Balaban J connectivity index is 1.55. The summed E-state index contributed by atoms with van der Waals surface area (Å²) in [6.07, 6.45) is 0.598. The highest BCUT2D eigenvalue weighted by molar-refractivity contribution is 6.13. The van der Waals surface area contributed by atoms with Crippen LogP contribution in [0, 0.1) is 0 Å². The van der Waals surface area contributed by atoms with Gasteiger partial charge in [-0.15, -0.1) is 0 Å². The maximum Gasteiger partial charge on any atom is 0.339 e. The van der Waals surface area contributed by atoms with Crippen molar-refractivity contribution < 1.29 is 19.1 Å². The summed E-state index contributed by atoms with van der Waals surface area (Å²) in [5, 5.41) is 0.764. The number of para-hydroxylation sites is 2. The number of carbonyl (C=O) groups excluding carboxylic acids is 3. The van der Waals surface area contributed by atoms with Crippen molar-refractivity contribution in [1.29, 1.82) is 0 Å². The van der Waals surface area contributed by atoms with Crippen LogP contribution in [-0.2, 0) is 4.74 Å². The number of amides is 1. The van der Waals surface area contributed by atoms with Crippen LogP contribution in [0.25, 0.3) is 10.9 Å². The van der Waals surface area contributed by atoms with Crippen molar-refractivity contribution in [3.63, 3.8) is 0 Å². The van der Waals surface area contributed by atoms with Crippen LogP contribution < -0.4 is 4.90 Å². The number of ether oxygens (including phenoxy) is 1. The van der Waals surface area contributed by atoms with Crippen molar-refractivity contribution in [2.45, 2.75) is 13.0 Å². The third kappa shape index (κ3) is 4.03. The number of hydrogen-bond acceptors (Lipinski definition) is 4. The van der Waals surface area contributed by atoms with Crippen LogP contribution in [0.15, 0.2) is 85.1 Å². The predicted octanol–water partition coefficient (Wildman–Crippen LogP) is 4.87. The van der Waals surface area contributed by atoms with Crippen molar-refractivity contribution >= 4 is 34.3 Å². The Morgan fingerprint density at radius 3 is 2.19 bits per heavy atom. The minimum atomic E-state index is -1.02. The number of nitrogens with one attached hydrogen (secondary N) is 1. The highest BCUT2D eigenvalue weighted by atomic mass is 16.5. The van der Waals surface area contributed by atoms with Gasteiger partial charge in [0.25, 0.3) is 5.91 Å². The smallest absolute Gasteiger partial charge is 0.339 e. The number of H-pyrrole nitrogens is 1. The minimum Gasteiger partial charge on any atom is -0.451 e. The van der Waals surface area contributed by atoms with Crippen LogP contribution >= 0.6 is 0 Å². The molecule has 1 aromatic heterocycles. The highest BCUT2D eigenvalue weighted by Crippen LogP contribution is 2.22. The zero-order chi connectivity index (χ0) is 22.7. The second-order valence-electron chi connectivity index (χ2n) is 7.41. The quantitative estimate of drug-likeness (QED) is 0.352. The van der Waals surface area contributed by atoms with E-state index < -0.39 is 12.1 Å². The molecule has 0 saturated heterocycles. The van der Waals surface area contributed by atoms with Gasteiger partial charge >= 0.3 is 5.97 Å². The third-order valence-corrected chi connectivity index (χ3v) is 5.33. The molecule has 32 heavy (non-hydrogen) atoms. The molecule has 1 amide bonds. The molecule has 0 saturated carbocycles. The van der Waals surface area contributed by atoms with E-state index >= 15 is 0 Å². The number of carbonyl (C=O) groups is 3. The van der Waals surface area contributed by atoms with Gasteiger partial charge in [-0.2, -0.15) is 0 Å². The van der Waals surface area contributed by atoms with E-state index in [2.05, 4.69) is 4.98 Å². The summed E-state index contributed by atoms with van der Waals surface area (Å²) < 4.78 is 5.47. The van der Waals surface area contributed by atoms with Gasteiger partial charge < -0.3 is 14.6 Å². The summed E-state index contributed by atoms with van der Waals surface area (Å²) in [5.41, 5.74) is 2.29. The molecular formula is C26H22N2O4. The number of rotatable bonds is 6. The van der Waals surface area contributed by atoms with Crippen molar-refractivity contribution in [3.05, 3.63) is 102 Å². The Morgan fingerprint density at radius 2 is 1.44 bits per heavy atom. The third-order valence-electron chi connectivity index (χ3n) is 5.33. The lowest BCUT2D eigenvalue weighted by Gasteiger charge is -2.19. The maximum absolute atomic E-state index is 13.1. The molecule has 0 radical (unpaired) electrons. The van der Waals surface area contributed by atoms with Crippen LogP contribution in [-0.4, -0.2) is 35.8 Å². The number of fused-ring (bicyclic) bond motifs is 1. The molecule has 6 nitrogen and oxygen atoms in total. The van der Waals surface area contributed by atoms with Crippen molar-refractivity contribution in [1.82, 2.24) is 4.98 Å². The topological polar surface area (TPSA) is 79.5 Å². The summed E-state index contributed by atoms with van der Waals surface area (Å²) in [6, 6.07) is 23.0. The van der Waals surface area contributed by atoms with E-state index in [4.69, 9.17) is 4.74 Å². The highest BCUT2D eigenvalue weighted by Gasteiger charge is 2.26. The number of nitrogens with zero attached hydrogens (tertiary/aromatic N) is 1. The molecule has 3 aromatic carbocycles. The minimum absolute atomic E-state index is 0.110. The second kappa shape index (κ2) is 8.89. The molecule has 4 rings (SSSR count). The fourth-order valence-corrected chi connectivity index (χ4v) is 3.57. The van der Waals surface area contributed by atoms with Crippen LogP contribution in [0.2, 0.25) is 0 Å². The van der Waals surface area contributed by atoms with Gasteiger partial charge in [0.05, 0.1) is 11.1 Å². The van der Waals surface area contributed by atoms with E-state index in [0.29, 0.717) is 11.3 Å². The Hall–Kier alpha value is -4.19. The van der Waals surface area contributed by atoms with Crippen LogP contribution in [0.5, 0.6) is 0 Å². The number of anilines is 1. The lowest BCUT2D eigenvalue weighted by Crippen LogP contribution is -2.29. The molecular weight excluding hydrogens is 404 g/mol. The average molecular weight is 426 g/mol. The number of benzene rings is 3. The standard InChI is InChI=1S/C26H22N2O4/c1-17(24(29)22-16-27-23-15-9-8-12-19(22)23)32-26(31)21-14-7-6-13-20(21)25(30)28(2)18-10-4-3-5-11-18/h3-17,27H,1-2H3. The fourth-order valence-electron chi connectivity index (χ4n) is 3.57. The number of ketones is 1. The second-order valence-corrected chi connectivity index (χ2v) is 7.41. The maximum atomic E-state index is 13.1. The predicted molar refractivity (Wildman–Crippen MR) is 123 cm³/mol. The normalized spacial score (nSPS) is 11.7. The van der Waals surface area contributed by atoms with E-state index in [1.54, 1.807) is 43.6 Å². The molecule has 160 valence electrons. The fraction of sp³-hybridized carbons (Fsp3) is 0.115. The van der Waals surface area contributed by atoms with Crippen LogP contribution in [0.1, 0.15) is 38.0 Å². The van der Waals surface area contributed by atoms with Gasteiger partial charge in [-0.25, -0.2) is 4.79 Å². The monoisotopic (exact) mass is 426 g/mol. The lowest BCUT2D eigenvalue weighted by molar-refractivity contribution is 0.0318. The summed E-state index contributed by atoms with van der Waals surface area (Å²) >= 11 is 0.